The molecule has 1 nitrogen and oxygen atoms in total. The second kappa shape index (κ2) is 6.64. The number of fused-ring (bicyclic) bond motifs is 7. The zero-order valence-electron chi connectivity index (χ0n) is 21.7. The highest BCUT2D eigenvalue weighted by molar-refractivity contribution is 5.26. The van der Waals surface area contributed by atoms with Crippen LogP contribution < -0.4 is 0 Å². The standard InChI is InChI=1S/C30H50O/c1-19(2)21-9-11-24-27(21,5)15-17-30(8)25-13-14-26(4)20(3)22(31)10-12-23(26)28(25,6)16-18-29(24,30)7/h19,21-25,31H,3,9-18H2,1-2,4-8H3/t21-,22+,23-,24-,25+,26-,27-,28+,29+,30-/m1/s1. The van der Waals surface area contributed by atoms with E-state index in [1.165, 1.54) is 57.8 Å². The molecule has 5 aliphatic carbocycles. The molecule has 0 unspecified atom stereocenters. The molecule has 0 saturated heterocycles. The van der Waals surface area contributed by atoms with Crippen LogP contribution in [0.25, 0.3) is 0 Å². The molecule has 1 heteroatoms. The quantitative estimate of drug-likeness (QED) is 0.421. The minimum atomic E-state index is -0.271. The SMILES string of the molecule is C=C1[C@@H](O)CC[C@H]2[C@]3(C)CC[C@@]4(C)[C@@H]5CC[C@H](C(C)C)[C@@]5(C)CC[C@]4(C)[C@H]3CC[C@]12C. The summed E-state index contributed by atoms with van der Waals surface area (Å²) in [6.45, 7) is 22.7. The second-order valence-corrected chi connectivity index (χ2v) is 14.5. The first-order valence-electron chi connectivity index (χ1n) is 13.7. The molecular formula is C30H50O. The van der Waals surface area contributed by atoms with Gasteiger partial charge in [-0.25, -0.2) is 0 Å². The van der Waals surface area contributed by atoms with Crippen molar-refractivity contribution in [1.82, 2.24) is 0 Å². The summed E-state index contributed by atoms with van der Waals surface area (Å²) in [7, 11) is 0. The Morgan fingerprint density at radius 1 is 0.710 bits per heavy atom. The molecule has 10 atom stereocenters. The van der Waals surface area contributed by atoms with Crippen LogP contribution in [-0.2, 0) is 0 Å². The molecule has 0 amide bonds. The van der Waals surface area contributed by atoms with Crippen LogP contribution in [-0.4, -0.2) is 11.2 Å². The lowest BCUT2D eigenvalue weighted by Crippen LogP contribution is -2.66. The van der Waals surface area contributed by atoms with Crippen LogP contribution in [0.2, 0.25) is 0 Å². The highest BCUT2D eigenvalue weighted by atomic mass is 16.3. The van der Waals surface area contributed by atoms with E-state index in [0.29, 0.717) is 27.6 Å². The molecule has 5 fully saturated rings. The van der Waals surface area contributed by atoms with Crippen LogP contribution >= 0.6 is 0 Å². The Hall–Kier alpha value is -0.300. The number of hydrogen-bond donors (Lipinski definition) is 1. The van der Waals surface area contributed by atoms with Gasteiger partial charge < -0.3 is 5.11 Å². The second-order valence-electron chi connectivity index (χ2n) is 14.5. The zero-order chi connectivity index (χ0) is 22.6. The van der Waals surface area contributed by atoms with Crippen molar-refractivity contribution in [2.45, 2.75) is 119 Å². The summed E-state index contributed by atoms with van der Waals surface area (Å²) in [5, 5.41) is 10.6. The highest BCUT2D eigenvalue weighted by Crippen LogP contribution is 2.79. The topological polar surface area (TPSA) is 20.2 Å². The molecule has 5 rings (SSSR count). The van der Waals surface area contributed by atoms with Gasteiger partial charge in [-0.15, -0.1) is 0 Å². The van der Waals surface area contributed by atoms with E-state index in [1.807, 2.05) is 0 Å². The van der Waals surface area contributed by atoms with Gasteiger partial charge in [0, 0.05) is 0 Å². The van der Waals surface area contributed by atoms with Gasteiger partial charge in [-0.1, -0.05) is 55.0 Å². The molecule has 5 saturated carbocycles. The van der Waals surface area contributed by atoms with E-state index in [2.05, 4.69) is 55.0 Å². The fraction of sp³-hybridized carbons (Fsp3) is 0.933. The maximum absolute atomic E-state index is 10.6. The molecule has 176 valence electrons. The first kappa shape index (κ1) is 22.5. The Morgan fingerprint density at radius 3 is 1.87 bits per heavy atom. The normalized spacial score (nSPS) is 59.0. The van der Waals surface area contributed by atoms with Gasteiger partial charge in [0.15, 0.2) is 0 Å². The number of hydrogen-bond acceptors (Lipinski definition) is 1. The van der Waals surface area contributed by atoms with Crippen LogP contribution in [0.3, 0.4) is 0 Å². The molecule has 5 aliphatic rings. The smallest absolute Gasteiger partial charge is 0.0753 e. The Balaban J connectivity index is 1.53. The monoisotopic (exact) mass is 426 g/mol. The molecule has 0 aliphatic heterocycles. The summed E-state index contributed by atoms with van der Waals surface area (Å²) in [5.74, 6) is 4.20. The highest BCUT2D eigenvalue weighted by Gasteiger charge is 2.71. The van der Waals surface area contributed by atoms with Gasteiger partial charge >= 0.3 is 0 Å². The zero-order valence-corrected chi connectivity index (χ0v) is 21.7. The van der Waals surface area contributed by atoms with Crippen molar-refractivity contribution >= 4 is 0 Å². The van der Waals surface area contributed by atoms with Crippen LogP contribution in [0.5, 0.6) is 0 Å². The molecule has 31 heavy (non-hydrogen) atoms. The third-order valence-corrected chi connectivity index (χ3v) is 13.6. The Morgan fingerprint density at radius 2 is 1.26 bits per heavy atom. The van der Waals surface area contributed by atoms with Crippen LogP contribution in [0, 0.1) is 56.7 Å². The van der Waals surface area contributed by atoms with Gasteiger partial charge in [-0.3, -0.25) is 0 Å². The minimum absolute atomic E-state index is 0.145. The third kappa shape index (κ3) is 2.54. The molecule has 0 bridgehead atoms. The van der Waals surface area contributed by atoms with Crippen molar-refractivity contribution in [2.75, 3.05) is 0 Å². The lowest BCUT2D eigenvalue weighted by atomic mass is 9.31. The van der Waals surface area contributed by atoms with Crippen molar-refractivity contribution in [1.29, 1.82) is 0 Å². The first-order chi connectivity index (χ1) is 14.3. The fourth-order valence-corrected chi connectivity index (χ4v) is 11.8. The molecular weight excluding hydrogens is 376 g/mol. The molecule has 0 aromatic rings. The number of rotatable bonds is 1. The third-order valence-electron chi connectivity index (χ3n) is 13.6. The van der Waals surface area contributed by atoms with Crippen molar-refractivity contribution < 1.29 is 5.11 Å². The van der Waals surface area contributed by atoms with E-state index in [9.17, 15) is 5.11 Å². The summed E-state index contributed by atoms with van der Waals surface area (Å²) in [4.78, 5) is 0. The van der Waals surface area contributed by atoms with Gasteiger partial charge in [0.1, 0.15) is 0 Å². The van der Waals surface area contributed by atoms with Crippen LogP contribution in [0.4, 0.5) is 0 Å². The summed E-state index contributed by atoms with van der Waals surface area (Å²) in [6.07, 6.45) is 13.1. The largest absolute Gasteiger partial charge is 0.389 e. The van der Waals surface area contributed by atoms with Crippen molar-refractivity contribution in [2.24, 2.45) is 56.7 Å². The predicted molar refractivity (Wildman–Crippen MR) is 131 cm³/mol. The molecule has 0 aromatic carbocycles. The number of aliphatic hydroxyl groups is 1. The van der Waals surface area contributed by atoms with Crippen LogP contribution in [0.15, 0.2) is 12.2 Å². The molecule has 0 aromatic heterocycles. The van der Waals surface area contributed by atoms with Crippen molar-refractivity contribution in [3.05, 3.63) is 12.2 Å². The van der Waals surface area contributed by atoms with Gasteiger partial charge in [0.2, 0.25) is 0 Å². The van der Waals surface area contributed by atoms with E-state index < -0.39 is 0 Å². The maximum Gasteiger partial charge on any atom is 0.0753 e. The summed E-state index contributed by atoms with van der Waals surface area (Å²) in [5.41, 5.74) is 3.23. The van der Waals surface area contributed by atoms with E-state index in [1.54, 1.807) is 0 Å². The Bertz CT molecular complexity index is 768. The van der Waals surface area contributed by atoms with E-state index in [4.69, 9.17) is 0 Å². The average Bonchev–Trinajstić information content (AvgIpc) is 3.06. The average molecular weight is 427 g/mol. The lowest BCUT2D eigenvalue weighted by Gasteiger charge is -2.73. The van der Waals surface area contributed by atoms with E-state index in [0.717, 1.165) is 35.7 Å². The molecule has 0 heterocycles. The maximum atomic E-state index is 10.6. The van der Waals surface area contributed by atoms with Gasteiger partial charge in [0.05, 0.1) is 6.10 Å². The molecule has 0 spiro atoms. The van der Waals surface area contributed by atoms with Crippen molar-refractivity contribution in [3.8, 4) is 0 Å². The predicted octanol–water partition coefficient (Wildman–Crippen LogP) is 8.02. The number of aliphatic hydroxyl groups excluding tert-OH is 1. The minimum Gasteiger partial charge on any atom is -0.389 e. The fourth-order valence-electron chi connectivity index (χ4n) is 11.8. The van der Waals surface area contributed by atoms with Crippen LogP contribution in [0.1, 0.15) is 113 Å². The van der Waals surface area contributed by atoms with Gasteiger partial charge in [0.25, 0.3) is 0 Å². The lowest BCUT2D eigenvalue weighted by molar-refractivity contribution is -0.238. The Kier molecular flexibility index (Phi) is 4.82. The Labute approximate surface area is 192 Å². The van der Waals surface area contributed by atoms with E-state index in [-0.39, 0.29) is 11.5 Å². The summed E-state index contributed by atoms with van der Waals surface area (Å²) < 4.78 is 0. The van der Waals surface area contributed by atoms with Gasteiger partial charge in [-0.2, -0.15) is 0 Å². The van der Waals surface area contributed by atoms with E-state index >= 15 is 0 Å². The summed E-state index contributed by atoms with van der Waals surface area (Å²) in [6, 6.07) is 0. The first-order valence-corrected chi connectivity index (χ1v) is 13.7. The summed E-state index contributed by atoms with van der Waals surface area (Å²) >= 11 is 0. The van der Waals surface area contributed by atoms with Crippen molar-refractivity contribution in [3.63, 3.8) is 0 Å². The molecule has 1 N–H and O–H groups in total. The van der Waals surface area contributed by atoms with Gasteiger partial charge in [-0.05, 0) is 126 Å². The molecule has 0 radical (unpaired) electrons.